The fourth-order valence-corrected chi connectivity index (χ4v) is 3.77. The third kappa shape index (κ3) is 3.82. The predicted octanol–water partition coefficient (Wildman–Crippen LogP) is 1.26. The molecule has 1 aliphatic heterocycles. The van der Waals surface area contributed by atoms with Crippen LogP contribution in [0.1, 0.15) is 34.8 Å². The summed E-state index contributed by atoms with van der Waals surface area (Å²) in [5, 5.41) is 4.31. The van der Waals surface area contributed by atoms with Crippen LogP contribution in [0.15, 0.2) is 35.5 Å². The fraction of sp³-hybridized carbons (Fsp3) is 0.500. The molecule has 3 heterocycles. The number of carbonyl (C=O) groups excluding carboxylic acids is 1. The molecule has 7 heteroatoms. The topological polar surface area (TPSA) is 74.2 Å². The molecule has 2 aromatic rings. The maximum atomic E-state index is 12.6. The van der Waals surface area contributed by atoms with Crippen LogP contribution in [0.5, 0.6) is 0 Å². The molecule has 25 heavy (non-hydrogen) atoms. The van der Waals surface area contributed by atoms with Crippen molar-refractivity contribution in [2.45, 2.75) is 18.9 Å². The van der Waals surface area contributed by atoms with Crippen molar-refractivity contribution in [3.63, 3.8) is 0 Å². The first kappa shape index (κ1) is 17.4. The highest BCUT2D eigenvalue weighted by atomic mass is 16.2. The number of aryl methyl sites for hydroxylation is 1. The van der Waals surface area contributed by atoms with Gasteiger partial charge < -0.3 is 9.88 Å². The van der Waals surface area contributed by atoms with E-state index >= 15 is 0 Å². The molecule has 0 aromatic carbocycles. The van der Waals surface area contributed by atoms with Gasteiger partial charge >= 0.3 is 0 Å². The SMILES string of the molecule is CN(C[C@@H]1CCCN(C)[C@H]1c1cnn(C)c1)C(=O)c1ccc(=O)[nH]c1. The normalized spacial score (nSPS) is 21.2. The summed E-state index contributed by atoms with van der Waals surface area (Å²) >= 11 is 0. The number of hydrogen-bond donors (Lipinski definition) is 1. The van der Waals surface area contributed by atoms with Crippen molar-refractivity contribution in [1.29, 1.82) is 0 Å². The molecule has 1 saturated heterocycles. The number of rotatable bonds is 4. The highest BCUT2D eigenvalue weighted by molar-refractivity contribution is 5.93. The van der Waals surface area contributed by atoms with Crippen molar-refractivity contribution in [2.75, 3.05) is 27.2 Å². The van der Waals surface area contributed by atoms with Gasteiger partial charge in [-0.25, -0.2) is 0 Å². The zero-order chi connectivity index (χ0) is 18.0. The zero-order valence-corrected chi connectivity index (χ0v) is 15.0. The van der Waals surface area contributed by atoms with E-state index in [1.807, 2.05) is 25.0 Å². The van der Waals surface area contributed by atoms with Crippen molar-refractivity contribution >= 4 is 5.91 Å². The number of carbonyl (C=O) groups is 1. The lowest BCUT2D eigenvalue weighted by atomic mass is 9.85. The molecule has 1 N–H and O–H groups in total. The van der Waals surface area contributed by atoms with E-state index in [0.717, 1.165) is 19.4 Å². The summed E-state index contributed by atoms with van der Waals surface area (Å²) in [6.07, 6.45) is 7.66. The van der Waals surface area contributed by atoms with Gasteiger partial charge in [-0.1, -0.05) is 0 Å². The Labute approximate surface area is 147 Å². The van der Waals surface area contributed by atoms with Crippen molar-refractivity contribution < 1.29 is 4.79 Å². The van der Waals surface area contributed by atoms with Gasteiger partial charge in [-0.3, -0.25) is 19.2 Å². The van der Waals surface area contributed by atoms with Gasteiger partial charge in [0.1, 0.15) is 0 Å². The minimum absolute atomic E-state index is 0.0746. The van der Waals surface area contributed by atoms with E-state index in [-0.39, 0.29) is 17.5 Å². The Hall–Kier alpha value is -2.41. The van der Waals surface area contributed by atoms with Gasteiger partial charge in [0.05, 0.1) is 11.8 Å². The molecule has 0 radical (unpaired) electrons. The molecule has 7 nitrogen and oxygen atoms in total. The molecular weight excluding hydrogens is 318 g/mol. The first-order chi connectivity index (χ1) is 12.0. The summed E-state index contributed by atoms with van der Waals surface area (Å²) in [4.78, 5) is 30.5. The van der Waals surface area contributed by atoms with Gasteiger partial charge in [0.25, 0.3) is 5.91 Å². The molecule has 2 aromatic heterocycles. The van der Waals surface area contributed by atoms with E-state index in [1.54, 1.807) is 11.0 Å². The summed E-state index contributed by atoms with van der Waals surface area (Å²) in [6, 6.07) is 3.21. The molecule has 1 amide bonds. The number of aromatic nitrogens is 3. The molecule has 0 bridgehead atoms. The Kier molecular flexibility index (Phi) is 5.03. The van der Waals surface area contributed by atoms with Gasteiger partial charge in [-0.2, -0.15) is 5.10 Å². The molecule has 0 spiro atoms. The second kappa shape index (κ2) is 7.23. The lowest BCUT2D eigenvalue weighted by Gasteiger charge is -2.40. The average Bonchev–Trinajstić information content (AvgIpc) is 3.01. The molecule has 0 aliphatic carbocycles. The molecule has 134 valence electrons. The number of nitrogens with zero attached hydrogens (tertiary/aromatic N) is 4. The Morgan fingerprint density at radius 1 is 1.40 bits per heavy atom. The Balaban J connectivity index is 1.75. The predicted molar refractivity (Wildman–Crippen MR) is 95.3 cm³/mol. The monoisotopic (exact) mass is 343 g/mol. The van der Waals surface area contributed by atoms with Crippen LogP contribution in [0.3, 0.4) is 0 Å². The van der Waals surface area contributed by atoms with Gasteiger partial charge in [0, 0.05) is 50.7 Å². The largest absolute Gasteiger partial charge is 0.341 e. The Morgan fingerprint density at radius 2 is 2.20 bits per heavy atom. The van der Waals surface area contributed by atoms with E-state index in [4.69, 9.17) is 0 Å². The van der Waals surface area contributed by atoms with Crippen molar-refractivity contribution in [3.8, 4) is 0 Å². The first-order valence-electron chi connectivity index (χ1n) is 8.58. The van der Waals surface area contributed by atoms with Crippen molar-refractivity contribution in [2.24, 2.45) is 13.0 Å². The number of H-pyrrole nitrogens is 1. The lowest BCUT2D eigenvalue weighted by molar-refractivity contribution is 0.0645. The number of aromatic amines is 1. The smallest absolute Gasteiger partial charge is 0.255 e. The number of amides is 1. The van der Waals surface area contributed by atoms with Crippen LogP contribution >= 0.6 is 0 Å². The van der Waals surface area contributed by atoms with Crippen LogP contribution in [-0.2, 0) is 7.05 Å². The average molecular weight is 343 g/mol. The van der Waals surface area contributed by atoms with Crippen LogP contribution in [-0.4, -0.2) is 57.7 Å². The first-order valence-corrected chi connectivity index (χ1v) is 8.58. The summed E-state index contributed by atoms with van der Waals surface area (Å²) in [5.41, 5.74) is 1.49. The third-order valence-corrected chi connectivity index (χ3v) is 4.96. The molecule has 1 aliphatic rings. The van der Waals surface area contributed by atoms with E-state index in [0.29, 0.717) is 18.0 Å². The second-order valence-corrected chi connectivity index (χ2v) is 6.90. The molecule has 0 unspecified atom stereocenters. The minimum Gasteiger partial charge on any atom is -0.341 e. The third-order valence-electron chi connectivity index (χ3n) is 4.96. The van der Waals surface area contributed by atoms with E-state index in [2.05, 4.69) is 28.2 Å². The molecule has 1 fully saturated rings. The number of piperidine rings is 1. The van der Waals surface area contributed by atoms with E-state index in [1.165, 1.54) is 17.8 Å². The summed E-state index contributed by atoms with van der Waals surface area (Å²) in [5.74, 6) is 0.272. The van der Waals surface area contributed by atoms with Crippen LogP contribution < -0.4 is 5.56 Å². The Morgan fingerprint density at radius 3 is 2.84 bits per heavy atom. The van der Waals surface area contributed by atoms with E-state index in [9.17, 15) is 9.59 Å². The van der Waals surface area contributed by atoms with Crippen LogP contribution in [0.2, 0.25) is 0 Å². The van der Waals surface area contributed by atoms with Gasteiger partial charge in [0.2, 0.25) is 5.56 Å². The molecular formula is C18H25N5O2. The minimum atomic E-state index is -0.204. The van der Waals surface area contributed by atoms with Crippen LogP contribution in [0, 0.1) is 5.92 Å². The van der Waals surface area contributed by atoms with Gasteiger partial charge in [-0.15, -0.1) is 0 Å². The number of hydrogen-bond acceptors (Lipinski definition) is 4. The second-order valence-electron chi connectivity index (χ2n) is 6.90. The van der Waals surface area contributed by atoms with Crippen molar-refractivity contribution in [1.82, 2.24) is 24.6 Å². The molecule has 2 atom stereocenters. The maximum Gasteiger partial charge on any atom is 0.255 e. The summed E-state index contributed by atoms with van der Waals surface area (Å²) in [7, 11) is 5.88. The molecule has 0 saturated carbocycles. The number of likely N-dealkylation sites (tertiary alicyclic amines) is 1. The van der Waals surface area contributed by atoms with Crippen LogP contribution in [0.25, 0.3) is 0 Å². The maximum absolute atomic E-state index is 12.6. The summed E-state index contributed by atoms with van der Waals surface area (Å²) < 4.78 is 1.82. The quantitative estimate of drug-likeness (QED) is 0.907. The number of pyridine rings is 1. The Bertz CT molecular complexity index is 776. The summed E-state index contributed by atoms with van der Waals surface area (Å²) in [6.45, 7) is 1.72. The standard InChI is InChI=1S/C18H25N5O2/c1-21-8-4-5-14(17(21)15-10-20-23(3)12-15)11-22(2)18(25)13-6-7-16(24)19-9-13/h6-7,9-10,12,14,17H,4-5,8,11H2,1-3H3,(H,19,24)/t14-,17+/m0/s1. The lowest BCUT2D eigenvalue weighted by Crippen LogP contribution is -2.42. The number of nitrogens with one attached hydrogen (secondary N) is 1. The highest BCUT2D eigenvalue weighted by Crippen LogP contribution is 2.35. The van der Waals surface area contributed by atoms with Crippen molar-refractivity contribution in [3.05, 3.63) is 52.2 Å². The van der Waals surface area contributed by atoms with E-state index < -0.39 is 0 Å². The fourth-order valence-electron chi connectivity index (χ4n) is 3.77. The highest BCUT2D eigenvalue weighted by Gasteiger charge is 2.33. The van der Waals surface area contributed by atoms with Crippen LogP contribution in [0.4, 0.5) is 0 Å². The zero-order valence-electron chi connectivity index (χ0n) is 15.0. The van der Waals surface area contributed by atoms with Gasteiger partial charge in [0.15, 0.2) is 0 Å². The molecule has 3 rings (SSSR count). The van der Waals surface area contributed by atoms with Gasteiger partial charge in [-0.05, 0) is 38.4 Å².